The zero-order valence-electron chi connectivity index (χ0n) is 14.2. The molecule has 0 spiro atoms. The predicted octanol–water partition coefficient (Wildman–Crippen LogP) is 3.38. The molecule has 0 bridgehead atoms. The number of rotatable bonds is 2. The van der Waals surface area contributed by atoms with E-state index in [0.29, 0.717) is 6.54 Å². The third kappa shape index (κ3) is 2.52. The van der Waals surface area contributed by atoms with Crippen molar-refractivity contribution >= 4 is 16.8 Å². The number of carbonyl (C=O) groups excluding carboxylic acids is 1. The largest absolute Gasteiger partial charge is 0.508 e. The molecule has 1 aromatic heterocycles. The van der Waals surface area contributed by atoms with Gasteiger partial charge in [0.05, 0.1) is 13.2 Å². The second-order valence-corrected chi connectivity index (χ2v) is 6.39. The molecule has 0 saturated heterocycles. The van der Waals surface area contributed by atoms with Crippen LogP contribution in [0.25, 0.3) is 10.9 Å². The molecule has 2 aromatic carbocycles. The zero-order valence-corrected chi connectivity index (χ0v) is 14.2. The summed E-state index contributed by atoms with van der Waals surface area (Å²) in [6.45, 7) is 2.24. The standard InChI is InChI=1S/C20H20N2O3/c1-12(23)22-9-8-16-17-11-15(25-2)6-7-18(17)21-19(16)20(22)13-4-3-5-14(24)10-13/h3-7,10-11,20-21,24H,8-9H2,1-2H3. The van der Waals surface area contributed by atoms with Gasteiger partial charge >= 0.3 is 0 Å². The third-order valence-corrected chi connectivity index (χ3v) is 4.92. The first-order chi connectivity index (χ1) is 12.1. The summed E-state index contributed by atoms with van der Waals surface area (Å²) in [7, 11) is 1.66. The topological polar surface area (TPSA) is 65.6 Å². The fourth-order valence-corrected chi connectivity index (χ4v) is 3.78. The quantitative estimate of drug-likeness (QED) is 0.754. The number of phenolic OH excluding ortho intramolecular Hbond substituents is 1. The first-order valence-electron chi connectivity index (χ1n) is 8.33. The molecule has 0 fully saturated rings. The summed E-state index contributed by atoms with van der Waals surface area (Å²) in [6, 6.07) is 12.9. The highest BCUT2D eigenvalue weighted by atomic mass is 16.5. The second-order valence-electron chi connectivity index (χ2n) is 6.39. The summed E-state index contributed by atoms with van der Waals surface area (Å²) in [5.41, 5.74) is 4.14. The van der Waals surface area contributed by atoms with E-state index in [0.717, 1.165) is 34.3 Å². The van der Waals surface area contributed by atoms with Crippen molar-refractivity contribution in [2.45, 2.75) is 19.4 Å². The van der Waals surface area contributed by atoms with Crippen molar-refractivity contribution in [3.8, 4) is 11.5 Å². The molecule has 5 nitrogen and oxygen atoms in total. The van der Waals surface area contributed by atoms with E-state index in [9.17, 15) is 9.90 Å². The van der Waals surface area contributed by atoms with Crippen LogP contribution in [0.2, 0.25) is 0 Å². The Kier molecular flexibility index (Phi) is 3.64. The van der Waals surface area contributed by atoms with Crippen molar-refractivity contribution in [3.05, 3.63) is 59.3 Å². The number of ether oxygens (including phenoxy) is 1. The van der Waals surface area contributed by atoms with Gasteiger partial charge in [0.15, 0.2) is 0 Å². The number of nitrogens with zero attached hydrogens (tertiary/aromatic N) is 1. The molecule has 3 aromatic rings. The minimum absolute atomic E-state index is 0.0234. The van der Waals surface area contributed by atoms with Crippen LogP contribution in [0.3, 0.4) is 0 Å². The fraction of sp³-hybridized carbons (Fsp3) is 0.250. The Hall–Kier alpha value is -2.95. The highest BCUT2D eigenvalue weighted by Crippen LogP contribution is 2.39. The molecule has 1 aliphatic heterocycles. The van der Waals surface area contributed by atoms with Crippen LogP contribution in [-0.4, -0.2) is 34.6 Å². The Morgan fingerprint density at radius 2 is 2.12 bits per heavy atom. The fourth-order valence-electron chi connectivity index (χ4n) is 3.78. The van der Waals surface area contributed by atoms with Crippen LogP contribution in [0.5, 0.6) is 11.5 Å². The number of hydrogen-bond acceptors (Lipinski definition) is 3. The van der Waals surface area contributed by atoms with E-state index in [1.165, 1.54) is 5.56 Å². The first-order valence-corrected chi connectivity index (χ1v) is 8.33. The van der Waals surface area contributed by atoms with Crippen molar-refractivity contribution in [2.24, 2.45) is 0 Å². The normalized spacial score (nSPS) is 16.7. The molecule has 0 saturated carbocycles. The molecule has 1 aliphatic rings. The molecular weight excluding hydrogens is 316 g/mol. The van der Waals surface area contributed by atoms with E-state index < -0.39 is 0 Å². The van der Waals surface area contributed by atoms with E-state index in [2.05, 4.69) is 4.98 Å². The molecule has 2 N–H and O–H groups in total. The summed E-state index contributed by atoms with van der Waals surface area (Å²) in [5, 5.41) is 11.0. The molecule has 1 atom stereocenters. The Morgan fingerprint density at radius 1 is 1.28 bits per heavy atom. The molecule has 1 unspecified atom stereocenters. The van der Waals surface area contributed by atoms with Crippen LogP contribution >= 0.6 is 0 Å². The molecule has 0 radical (unpaired) electrons. The minimum Gasteiger partial charge on any atom is -0.508 e. The van der Waals surface area contributed by atoms with Crippen molar-refractivity contribution in [3.63, 3.8) is 0 Å². The van der Waals surface area contributed by atoms with Crippen LogP contribution < -0.4 is 4.74 Å². The van der Waals surface area contributed by atoms with Gasteiger partial charge in [-0.3, -0.25) is 4.79 Å². The highest BCUT2D eigenvalue weighted by Gasteiger charge is 2.33. The van der Waals surface area contributed by atoms with E-state index in [1.807, 2.05) is 35.2 Å². The second kappa shape index (κ2) is 5.84. The van der Waals surface area contributed by atoms with Gasteiger partial charge in [-0.25, -0.2) is 0 Å². The number of aromatic hydroxyl groups is 1. The number of fused-ring (bicyclic) bond motifs is 3. The van der Waals surface area contributed by atoms with Gasteiger partial charge in [-0.05, 0) is 47.9 Å². The van der Waals surface area contributed by atoms with Gasteiger partial charge in [0, 0.05) is 30.1 Å². The first kappa shape index (κ1) is 15.6. The lowest BCUT2D eigenvalue weighted by molar-refractivity contribution is -0.130. The minimum atomic E-state index is -0.230. The van der Waals surface area contributed by atoms with Crippen LogP contribution in [0.15, 0.2) is 42.5 Å². The van der Waals surface area contributed by atoms with Crippen LogP contribution in [0, 0.1) is 0 Å². The van der Waals surface area contributed by atoms with E-state index >= 15 is 0 Å². The molecular formula is C20H20N2O3. The number of H-pyrrole nitrogens is 1. The molecule has 1 amide bonds. The Morgan fingerprint density at radius 3 is 2.84 bits per heavy atom. The number of methoxy groups -OCH3 is 1. The van der Waals surface area contributed by atoms with Crippen LogP contribution in [0.4, 0.5) is 0 Å². The number of aromatic amines is 1. The van der Waals surface area contributed by atoms with Crippen molar-refractivity contribution in [2.75, 3.05) is 13.7 Å². The van der Waals surface area contributed by atoms with Gasteiger partial charge in [-0.2, -0.15) is 0 Å². The van der Waals surface area contributed by atoms with Crippen molar-refractivity contribution in [1.29, 1.82) is 0 Å². The SMILES string of the molecule is COc1ccc2[nH]c3c(c2c1)CCN(C(C)=O)C3c1cccc(O)c1. The summed E-state index contributed by atoms with van der Waals surface area (Å²) < 4.78 is 5.36. The van der Waals surface area contributed by atoms with Crippen molar-refractivity contribution in [1.82, 2.24) is 9.88 Å². The highest BCUT2D eigenvalue weighted by molar-refractivity contribution is 5.87. The number of phenols is 1. The predicted molar refractivity (Wildman–Crippen MR) is 95.9 cm³/mol. The third-order valence-electron chi connectivity index (χ3n) is 4.92. The Balaban J connectivity index is 1.93. The number of aromatic nitrogens is 1. The summed E-state index contributed by atoms with van der Waals surface area (Å²) in [5.74, 6) is 1.04. The Labute approximate surface area is 145 Å². The molecule has 128 valence electrons. The lowest BCUT2D eigenvalue weighted by atomic mass is 9.92. The number of carbonyl (C=O) groups is 1. The van der Waals surface area contributed by atoms with Crippen LogP contribution in [0.1, 0.15) is 29.8 Å². The molecule has 5 heteroatoms. The smallest absolute Gasteiger partial charge is 0.220 e. The number of nitrogens with one attached hydrogen (secondary N) is 1. The average molecular weight is 336 g/mol. The molecule has 25 heavy (non-hydrogen) atoms. The molecule has 4 rings (SSSR count). The average Bonchev–Trinajstić information content (AvgIpc) is 2.98. The lowest BCUT2D eigenvalue weighted by Gasteiger charge is -2.35. The van der Waals surface area contributed by atoms with E-state index in [1.54, 1.807) is 26.2 Å². The lowest BCUT2D eigenvalue weighted by Crippen LogP contribution is -2.39. The maximum atomic E-state index is 12.2. The number of amides is 1. The Bertz CT molecular complexity index is 961. The monoisotopic (exact) mass is 336 g/mol. The number of benzene rings is 2. The summed E-state index contributed by atoms with van der Waals surface area (Å²) in [4.78, 5) is 17.6. The van der Waals surface area contributed by atoms with Crippen molar-refractivity contribution < 1.29 is 14.6 Å². The maximum Gasteiger partial charge on any atom is 0.220 e. The van der Waals surface area contributed by atoms with Gasteiger partial charge in [-0.15, -0.1) is 0 Å². The van der Waals surface area contributed by atoms with Gasteiger partial charge in [0.2, 0.25) is 5.91 Å². The number of hydrogen-bond donors (Lipinski definition) is 2. The van der Waals surface area contributed by atoms with Gasteiger partial charge in [0.1, 0.15) is 11.5 Å². The summed E-state index contributed by atoms with van der Waals surface area (Å²) in [6.07, 6.45) is 0.789. The van der Waals surface area contributed by atoms with Crippen LogP contribution in [-0.2, 0) is 11.2 Å². The summed E-state index contributed by atoms with van der Waals surface area (Å²) >= 11 is 0. The van der Waals surface area contributed by atoms with E-state index in [4.69, 9.17) is 4.74 Å². The molecule has 2 heterocycles. The van der Waals surface area contributed by atoms with E-state index in [-0.39, 0.29) is 17.7 Å². The maximum absolute atomic E-state index is 12.2. The molecule has 0 aliphatic carbocycles. The van der Waals surface area contributed by atoms with Gasteiger partial charge in [0.25, 0.3) is 0 Å². The van der Waals surface area contributed by atoms with Gasteiger partial charge in [-0.1, -0.05) is 12.1 Å². The zero-order chi connectivity index (χ0) is 17.6. The van der Waals surface area contributed by atoms with Gasteiger partial charge < -0.3 is 19.7 Å².